The van der Waals surface area contributed by atoms with Crippen molar-refractivity contribution in [2.75, 3.05) is 13.1 Å². The lowest BCUT2D eigenvalue weighted by Gasteiger charge is -1.82. The Morgan fingerprint density at radius 1 is 1.80 bits per heavy atom. The van der Waals surface area contributed by atoms with Crippen molar-refractivity contribution in [2.45, 2.75) is 0 Å². The number of rotatable bonds is 2. The molecule has 0 radical (unpaired) electrons. The third kappa shape index (κ3) is 4.65. The molecular formula is C2H7IN2. The molecule has 0 aliphatic carbocycles. The molecule has 32 valence electrons. The van der Waals surface area contributed by atoms with Gasteiger partial charge in [0.15, 0.2) is 0 Å². The SMILES string of the molecule is NCCNI. The summed E-state index contributed by atoms with van der Waals surface area (Å²) in [6, 6.07) is 0. The molecule has 0 aliphatic heterocycles. The van der Waals surface area contributed by atoms with Crippen LogP contribution >= 0.6 is 22.9 Å². The highest BCUT2D eigenvalue weighted by atomic mass is 127. The molecule has 0 saturated carbocycles. The Morgan fingerprint density at radius 2 is 2.40 bits per heavy atom. The molecule has 0 unspecified atom stereocenters. The second kappa shape index (κ2) is 4.65. The van der Waals surface area contributed by atoms with E-state index in [1.165, 1.54) is 0 Å². The quantitative estimate of drug-likeness (QED) is 0.466. The van der Waals surface area contributed by atoms with Gasteiger partial charge in [0.05, 0.1) is 0 Å². The highest BCUT2D eigenvalue weighted by Gasteiger charge is 1.66. The molecule has 2 nitrogen and oxygen atoms in total. The predicted octanol–water partition coefficient (Wildman–Crippen LogP) is -0.115. The minimum atomic E-state index is 0.725. The van der Waals surface area contributed by atoms with Crippen molar-refractivity contribution in [3.05, 3.63) is 0 Å². The third-order valence-corrected chi connectivity index (χ3v) is 0.778. The first kappa shape index (κ1) is 5.65. The number of hydrogen-bond acceptors (Lipinski definition) is 2. The maximum atomic E-state index is 5.07. The molecule has 0 fully saturated rings. The molecule has 0 atom stereocenters. The molecule has 0 rings (SSSR count). The molecular weight excluding hydrogens is 179 g/mol. The fraction of sp³-hybridized carbons (Fsp3) is 1.00. The molecule has 0 saturated heterocycles. The van der Waals surface area contributed by atoms with E-state index in [-0.39, 0.29) is 0 Å². The van der Waals surface area contributed by atoms with Gasteiger partial charge in [0.25, 0.3) is 0 Å². The van der Waals surface area contributed by atoms with Gasteiger partial charge in [-0.25, -0.2) is 0 Å². The largest absolute Gasteiger partial charge is 0.329 e. The Bertz CT molecular complexity index is 15.1. The lowest BCUT2D eigenvalue weighted by molar-refractivity contribution is 0.941. The Kier molecular flexibility index (Phi) is 5.25. The smallest absolute Gasteiger partial charge is 0.0173 e. The standard InChI is InChI=1S/C2H7IN2/c3-5-2-1-4/h5H,1-2,4H2. The monoisotopic (exact) mass is 186 g/mol. The van der Waals surface area contributed by atoms with Gasteiger partial charge in [-0.1, -0.05) is 0 Å². The fourth-order valence-corrected chi connectivity index (χ4v) is 0.366. The highest BCUT2D eigenvalue weighted by Crippen LogP contribution is 1.60. The van der Waals surface area contributed by atoms with Crippen LogP contribution in [0.2, 0.25) is 0 Å². The molecule has 0 heterocycles. The van der Waals surface area contributed by atoms with E-state index in [4.69, 9.17) is 5.73 Å². The average molecular weight is 186 g/mol. The summed E-state index contributed by atoms with van der Waals surface area (Å²) in [6.07, 6.45) is 0. The third-order valence-electron chi connectivity index (χ3n) is 0.239. The molecule has 5 heavy (non-hydrogen) atoms. The zero-order chi connectivity index (χ0) is 4.12. The van der Waals surface area contributed by atoms with Gasteiger partial charge >= 0.3 is 0 Å². The lowest BCUT2D eigenvalue weighted by atomic mass is 10.7. The lowest BCUT2D eigenvalue weighted by Crippen LogP contribution is -2.12. The van der Waals surface area contributed by atoms with Crippen LogP contribution in [0.4, 0.5) is 0 Å². The van der Waals surface area contributed by atoms with E-state index in [2.05, 4.69) is 26.4 Å². The van der Waals surface area contributed by atoms with Crippen molar-refractivity contribution in [2.24, 2.45) is 5.73 Å². The Morgan fingerprint density at radius 3 is 2.40 bits per heavy atom. The van der Waals surface area contributed by atoms with Crippen LogP contribution in [0.3, 0.4) is 0 Å². The maximum absolute atomic E-state index is 5.07. The van der Waals surface area contributed by atoms with Gasteiger partial charge in [-0.2, -0.15) is 0 Å². The Labute approximate surface area is 45.6 Å². The van der Waals surface area contributed by atoms with E-state index in [1.54, 1.807) is 0 Å². The summed E-state index contributed by atoms with van der Waals surface area (Å²) in [5, 5.41) is 0. The van der Waals surface area contributed by atoms with Gasteiger partial charge in [0.1, 0.15) is 0 Å². The van der Waals surface area contributed by atoms with Gasteiger partial charge in [0, 0.05) is 36.0 Å². The number of halogens is 1. The van der Waals surface area contributed by atoms with Gasteiger partial charge in [-0.15, -0.1) is 0 Å². The van der Waals surface area contributed by atoms with Crippen LogP contribution in [0.5, 0.6) is 0 Å². The summed E-state index contributed by atoms with van der Waals surface area (Å²) in [4.78, 5) is 0. The van der Waals surface area contributed by atoms with Gasteiger partial charge in [0.2, 0.25) is 0 Å². The van der Waals surface area contributed by atoms with Crippen molar-refractivity contribution in [3.8, 4) is 0 Å². The summed E-state index contributed by atoms with van der Waals surface area (Å²) in [5.41, 5.74) is 5.07. The number of nitrogens with one attached hydrogen (secondary N) is 1. The van der Waals surface area contributed by atoms with Crippen LogP contribution in [0.15, 0.2) is 0 Å². The van der Waals surface area contributed by atoms with Gasteiger partial charge < -0.3 is 5.73 Å². The molecule has 0 bridgehead atoms. The summed E-state index contributed by atoms with van der Waals surface area (Å²) in [7, 11) is 0. The van der Waals surface area contributed by atoms with E-state index >= 15 is 0 Å². The Hall–Kier alpha value is 0.650. The van der Waals surface area contributed by atoms with Crippen LogP contribution in [0, 0.1) is 0 Å². The fourth-order valence-electron chi connectivity index (χ4n) is 0.0546. The van der Waals surface area contributed by atoms with E-state index < -0.39 is 0 Å². The van der Waals surface area contributed by atoms with E-state index in [0.29, 0.717) is 0 Å². The first-order chi connectivity index (χ1) is 2.41. The second-order valence-corrected chi connectivity index (χ2v) is 1.44. The zero-order valence-corrected chi connectivity index (χ0v) is 5.03. The Balaban J connectivity index is 2.19. The maximum Gasteiger partial charge on any atom is 0.0173 e. The van der Waals surface area contributed by atoms with Crippen LogP contribution in [-0.4, -0.2) is 13.1 Å². The average Bonchev–Trinajstić information content (AvgIpc) is 1.41. The highest BCUT2D eigenvalue weighted by molar-refractivity contribution is 14.1. The minimum absolute atomic E-state index is 0.725. The van der Waals surface area contributed by atoms with E-state index in [9.17, 15) is 0 Å². The van der Waals surface area contributed by atoms with E-state index in [0.717, 1.165) is 13.1 Å². The summed E-state index contributed by atoms with van der Waals surface area (Å²) < 4.78 is 2.86. The van der Waals surface area contributed by atoms with Crippen molar-refractivity contribution >= 4 is 22.9 Å². The van der Waals surface area contributed by atoms with Crippen molar-refractivity contribution in [3.63, 3.8) is 0 Å². The minimum Gasteiger partial charge on any atom is -0.329 e. The second-order valence-electron chi connectivity index (χ2n) is 0.672. The van der Waals surface area contributed by atoms with Crippen LogP contribution in [-0.2, 0) is 0 Å². The van der Waals surface area contributed by atoms with Crippen molar-refractivity contribution in [1.82, 2.24) is 3.53 Å². The van der Waals surface area contributed by atoms with Crippen LogP contribution in [0.1, 0.15) is 0 Å². The first-order valence-electron chi connectivity index (χ1n) is 1.45. The molecule has 0 aliphatic rings. The molecule has 0 aromatic rings. The molecule has 0 aromatic carbocycles. The predicted molar refractivity (Wildman–Crippen MR) is 31.1 cm³/mol. The number of nitrogens with two attached hydrogens (primary N) is 1. The normalized spacial score (nSPS) is 8.40. The zero-order valence-electron chi connectivity index (χ0n) is 2.87. The molecule has 0 amide bonds. The first-order valence-corrected chi connectivity index (χ1v) is 2.53. The topological polar surface area (TPSA) is 38.0 Å². The van der Waals surface area contributed by atoms with Crippen LogP contribution < -0.4 is 9.26 Å². The summed E-state index contributed by atoms with van der Waals surface area (Å²) in [6.45, 7) is 1.63. The van der Waals surface area contributed by atoms with Gasteiger partial charge in [-0.3, -0.25) is 3.53 Å². The van der Waals surface area contributed by atoms with Gasteiger partial charge in [-0.05, 0) is 0 Å². The van der Waals surface area contributed by atoms with E-state index in [1.807, 2.05) is 0 Å². The van der Waals surface area contributed by atoms with Crippen LogP contribution in [0.25, 0.3) is 0 Å². The van der Waals surface area contributed by atoms with Crippen molar-refractivity contribution in [1.29, 1.82) is 0 Å². The molecule has 0 aromatic heterocycles. The summed E-state index contributed by atoms with van der Waals surface area (Å²) >= 11 is 2.06. The molecule has 0 spiro atoms. The molecule has 3 N–H and O–H groups in total. The van der Waals surface area contributed by atoms with Crippen molar-refractivity contribution < 1.29 is 0 Å². The summed E-state index contributed by atoms with van der Waals surface area (Å²) in [5.74, 6) is 0. The molecule has 3 heteroatoms. The number of hydrogen-bond donors (Lipinski definition) is 2.